The zero-order valence-corrected chi connectivity index (χ0v) is 21.5. The summed E-state index contributed by atoms with van der Waals surface area (Å²) in [5.41, 5.74) is 6.51. The van der Waals surface area contributed by atoms with Crippen molar-refractivity contribution in [3.63, 3.8) is 0 Å². The van der Waals surface area contributed by atoms with E-state index in [2.05, 4.69) is 0 Å². The summed E-state index contributed by atoms with van der Waals surface area (Å²) in [7, 11) is -4.06. The molecule has 0 aliphatic carbocycles. The van der Waals surface area contributed by atoms with E-state index in [1.165, 1.54) is 12.1 Å². The molecule has 3 N–H and O–H groups in total. The van der Waals surface area contributed by atoms with Crippen LogP contribution < -0.4 is 5.73 Å². The van der Waals surface area contributed by atoms with E-state index in [0.29, 0.717) is 24.0 Å². The molecule has 4 heterocycles. The van der Waals surface area contributed by atoms with Gasteiger partial charge in [-0.3, -0.25) is 0 Å². The SMILES string of the molecule is CC1(C)O[C@@H]2[C@H](O1)C(CO[PH]1(O)OCCC(c3ccc(F)c(Cl)c3)O1)O[C@H]2N1C=CCC(C(N)=O)=C1. The Hall–Kier alpha value is -1.66. The number of primary amides is 1. The Labute approximate surface area is 213 Å². The summed E-state index contributed by atoms with van der Waals surface area (Å²) in [6.45, 7) is 3.69. The number of rotatable bonds is 6. The van der Waals surface area contributed by atoms with Crippen LogP contribution in [0.25, 0.3) is 0 Å². The van der Waals surface area contributed by atoms with Crippen molar-refractivity contribution >= 4 is 25.7 Å². The van der Waals surface area contributed by atoms with Crippen molar-refractivity contribution in [1.29, 1.82) is 0 Å². The molecular weight excluding hydrogens is 518 g/mol. The van der Waals surface area contributed by atoms with Crippen molar-refractivity contribution < 1.29 is 41.9 Å². The molecule has 0 radical (unpaired) electrons. The van der Waals surface area contributed by atoms with E-state index in [9.17, 15) is 14.1 Å². The molecule has 0 spiro atoms. The van der Waals surface area contributed by atoms with Gasteiger partial charge in [-0.1, -0.05) is 0 Å². The number of allylic oxidation sites excluding steroid dienone is 1. The number of ether oxygens (including phenoxy) is 3. The number of nitrogens with zero attached hydrogens (tertiary/aromatic N) is 1. The molecule has 2 unspecified atom stereocenters. The number of carbonyl (C=O) groups excluding carboxylic acids is 1. The first-order chi connectivity index (χ1) is 17.0. The van der Waals surface area contributed by atoms with Crippen molar-refractivity contribution in [2.24, 2.45) is 5.73 Å². The quantitative estimate of drug-likeness (QED) is 0.518. The maximum atomic E-state index is 13.6. The Morgan fingerprint density at radius 3 is 2.89 bits per heavy atom. The molecule has 198 valence electrons. The van der Waals surface area contributed by atoms with Crippen LogP contribution >= 0.6 is 19.8 Å². The third kappa shape index (κ3) is 5.31. The van der Waals surface area contributed by atoms with Crippen LogP contribution in [0.5, 0.6) is 0 Å². The van der Waals surface area contributed by atoms with Crippen molar-refractivity contribution in [3.05, 3.63) is 58.7 Å². The Kier molecular flexibility index (Phi) is 7.14. The third-order valence-electron chi connectivity index (χ3n) is 6.36. The molecular formula is C23H29ClFN2O8P. The molecule has 36 heavy (non-hydrogen) atoms. The molecule has 1 aromatic carbocycles. The van der Waals surface area contributed by atoms with Gasteiger partial charge in [0, 0.05) is 0 Å². The van der Waals surface area contributed by atoms with E-state index in [4.69, 9.17) is 45.1 Å². The predicted molar refractivity (Wildman–Crippen MR) is 128 cm³/mol. The molecule has 10 nitrogen and oxygen atoms in total. The second kappa shape index (κ2) is 9.90. The van der Waals surface area contributed by atoms with E-state index in [1.807, 2.05) is 6.08 Å². The molecule has 13 heteroatoms. The number of carbonyl (C=O) groups is 1. The van der Waals surface area contributed by atoms with E-state index >= 15 is 0 Å². The molecule has 1 aromatic rings. The van der Waals surface area contributed by atoms with Crippen LogP contribution in [0.3, 0.4) is 0 Å². The van der Waals surface area contributed by atoms with Crippen molar-refractivity contribution in [2.75, 3.05) is 13.2 Å². The van der Waals surface area contributed by atoms with Crippen molar-refractivity contribution in [3.8, 4) is 0 Å². The van der Waals surface area contributed by atoms with Gasteiger partial charge < -0.3 is 0 Å². The van der Waals surface area contributed by atoms with Gasteiger partial charge in [0.05, 0.1) is 0 Å². The number of nitrogens with two attached hydrogens (primary N) is 1. The van der Waals surface area contributed by atoms with E-state index in [1.54, 1.807) is 37.2 Å². The number of hydrogen-bond donors (Lipinski definition) is 2. The molecule has 4 aliphatic rings. The fourth-order valence-corrected chi connectivity index (χ4v) is 6.48. The Morgan fingerprint density at radius 1 is 1.36 bits per heavy atom. The minimum atomic E-state index is -4.06. The normalized spacial score (nSPS) is 33.8. The summed E-state index contributed by atoms with van der Waals surface area (Å²) in [4.78, 5) is 24.4. The van der Waals surface area contributed by atoms with E-state index in [-0.39, 0.29) is 18.2 Å². The third-order valence-corrected chi connectivity index (χ3v) is 8.33. The maximum absolute atomic E-state index is 13.6. The second-order valence-electron chi connectivity index (χ2n) is 9.44. The van der Waals surface area contributed by atoms with Gasteiger partial charge in [-0.2, -0.15) is 0 Å². The number of halogens is 2. The van der Waals surface area contributed by atoms with Gasteiger partial charge in [0.1, 0.15) is 0 Å². The van der Waals surface area contributed by atoms with Crippen LogP contribution in [0.4, 0.5) is 4.39 Å². The molecule has 5 atom stereocenters. The van der Waals surface area contributed by atoms with Gasteiger partial charge in [0.15, 0.2) is 0 Å². The summed E-state index contributed by atoms with van der Waals surface area (Å²) < 4.78 is 49.1. The molecule has 3 saturated heterocycles. The average molecular weight is 547 g/mol. The topological polar surface area (TPSA) is 122 Å². The fraction of sp³-hybridized carbons (Fsp3) is 0.522. The van der Waals surface area contributed by atoms with Crippen molar-refractivity contribution in [2.45, 2.75) is 63.1 Å². The average Bonchev–Trinajstić information content (AvgIpc) is 3.32. The van der Waals surface area contributed by atoms with Crippen LogP contribution in [0.1, 0.15) is 38.4 Å². The second-order valence-corrected chi connectivity index (χ2v) is 11.7. The fourth-order valence-electron chi connectivity index (χ4n) is 4.71. The van der Waals surface area contributed by atoms with Crippen LogP contribution in [-0.2, 0) is 32.6 Å². The number of benzene rings is 1. The first kappa shape index (κ1) is 26.0. The van der Waals surface area contributed by atoms with Crippen LogP contribution in [0.15, 0.2) is 42.2 Å². The van der Waals surface area contributed by atoms with Gasteiger partial charge in [-0.05, 0) is 0 Å². The van der Waals surface area contributed by atoms with E-state index < -0.39 is 56.3 Å². The van der Waals surface area contributed by atoms with Gasteiger partial charge >= 0.3 is 213 Å². The first-order valence-electron chi connectivity index (χ1n) is 11.6. The molecule has 1 amide bonds. The summed E-state index contributed by atoms with van der Waals surface area (Å²) in [6.07, 6.45) is 3.27. The summed E-state index contributed by atoms with van der Waals surface area (Å²) >= 11 is 5.91. The van der Waals surface area contributed by atoms with Crippen LogP contribution in [0, 0.1) is 5.82 Å². The number of amides is 1. The zero-order chi connectivity index (χ0) is 25.7. The molecule has 0 bridgehead atoms. The van der Waals surface area contributed by atoms with Crippen molar-refractivity contribution in [1.82, 2.24) is 4.90 Å². The Balaban J connectivity index is 1.28. The van der Waals surface area contributed by atoms with Gasteiger partial charge in [-0.15, -0.1) is 0 Å². The minimum absolute atomic E-state index is 0.0357. The molecule has 3 fully saturated rings. The number of fused-ring (bicyclic) bond motifs is 1. The van der Waals surface area contributed by atoms with Gasteiger partial charge in [-0.25, -0.2) is 0 Å². The Morgan fingerprint density at radius 2 is 2.14 bits per heavy atom. The van der Waals surface area contributed by atoms with Gasteiger partial charge in [0.2, 0.25) is 0 Å². The molecule has 0 saturated carbocycles. The van der Waals surface area contributed by atoms with Crippen LogP contribution in [-0.4, -0.2) is 59.2 Å². The molecule has 0 aromatic heterocycles. The monoisotopic (exact) mass is 546 g/mol. The van der Waals surface area contributed by atoms with Gasteiger partial charge in [0.25, 0.3) is 0 Å². The zero-order valence-electron chi connectivity index (χ0n) is 19.8. The molecule has 4 aliphatic heterocycles. The standard InChI is InChI=1S/C23H29ClFN2O8P/c1-23(2)33-19-18(32-22(20(19)34-23)27-8-3-4-14(11-27)21(26)28)12-31-36(29)30-9-7-17(35-36)13-5-6-16(25)15(24)10-13/h3,5-6,8,10-11,17-20,22,29,36H,4,7,9,12H2,1-2H3,(H2,26,28)/t17?,18?,19-,20-,22-/m1/s1. The first-order valence-corrected chi connectivity index (χ1v) is 13.7. The summed E-state index contributed by atoms with van der Waals surface area (Å²) in [6, 6.07) is 4.26. The van der Waals surface area contributed by atoms with Crippen LogP contribution in [0.2, 0.25) is 5.02 Å². The molecule has 5 rings (SSSR count). The predicted octanol–water partition coefficient (Wildman–Crippen LogP) is 3.21. The van der Waals surface area contributed by atoms with E-state index in [0.717, 1.165) is 0 Å². The Bertz CT molecular complexity index is 1090. The number of hydrogen-bond acceptors (Lipinski definition) is 9. The summed E-state index contributed by atoms with van der Waals surface area (Å²) in [5.74, 6) is -1.92. The summed E-state index contributed by atoms with van der Waals surface area (Å²) in [5, 5.41) is -0.0357.